The summed E-state index contributed by atoms with van der Waals surface area (Å²) < 4.78 is 55.7. The Balaban J connectivity index is 0.000000351. The Kier molecular flexibility index (Phi) is 17.2. The number of phenols is 1. The van der Waals surface area contributed by atoms with Crippen molar-refractivity contribution in [2.75, 3.05) is 19.5 Å². The lowest BCUT2D eigenvalue weighted by atomic mass is 9.89. The Bertz CT molecular complexity index is 2380. The number of ether oxygens (including phenoxy) is 9. The highest BCUT2D eigenvalue weighted by Gasteiger charge is 2.59. The van der Waals surface area contributed by atoms with Crippen LogP contribution in [0.1, 0.15) is 90.7 Å². The summed E-state index contributed by atoms with van der Waals surface area (Å²) in [6.07, 6.45) is -7.06. The average molecular weight is 946 g/mol. The molecule has 1 aromatic heterocycles. The first kappa shape index (κ1) is 53.8. The number of ketones is 1. The number of aliphatic hydroxyl groups excluding tert-OH is 1. The van der Waals surface area contributed by atoms with Crippen LogP contribution in [0.15, 0.2) is 51.2 Å². The van der Waals surface area contributed by atoms with Gasteiger partial charge >= 0.3 is 17.8 Å². The van der Waals surface area contributed by atoms with Crippen molar-refractivity contribution in [2.45, 2.75) is 149 Å². The van der Waals surface area contributed by atoms with E-state index in [1.54, 1.807) is 34.6 Å². The number of Topliss-reactive ketones (excluding diaryl/α,β-unsaturated/α-hetero) is 1. The molecule has 3 aromatic rings. The number of aromatic hydroxyl groups is 2. The molecule has 3 fully saturated rings. The fourth-order valence-electron chi connectivity index (χ4n) is 7.75. The maximum absolute atomic E-state index is 13.0. The summed E-state index contributed by atoms with van der Waals surface area (Å²) in [6, 6.07) is 7.12. The molecule has 370 valence electrons. The molecule has 0 radical (unpaired) electrons. The molecule has 4 heterocycles. The van der Waals surface area contributed by atoms with Crippen LogP contribution in [0.25, 0.3) is 11.0 Å². The molecule has 3 saturated heterocycles. The smallest absolute Gasteiger partial charge is 0.404 e. The van der Waals surface area contributed by atoms with Gasteiger partial charge in [-0.1, -0.05) is 11.6 Å². The van der Waals surface area contributed by atoms with E-state index in [1.165, 1.54) is 58.4 Å². The van der Waals surface area contributed by atoms with Gasteiger partial charge in [-0.2, -0.15) is 0 Å². The number of rotatable bonds is 10. The van der Waals surface area contributed by atoms with E-state index in [0.717, 1.165) is 5.57 Å². The van der Waals surface area contributed by atoms with Crippen LogP contribution in [-0.4, -0.2) is 120 Å². The zero-order chi connectivity index (χ0) is 50.5. The van der Waals surface area contributed by atoms with Crippen molar-refractivity contribution >= 4 is 40.5 Å². The van der Waals surface area contributed by atoms with Crippen LogP contribution in [0, 0.1) is 6.92 Å². The number of carbonyl (C=O) groups is 4. The van der Waals surface area contributed by atoms with Crippen LogP contribution in [0.4, 0.5) is 15.3 Å². The minimum atomic E-state index is -1.52. The molecule has 2 aromatic carbocycles. The molecule has 8 N–H and O–H groups in total. The Morgan fingerprint density at radius 2 is 1.39 bits per heavy atom. The predicted molar refractivity (Wildman–Crippen MR) is 240 cm³/mol. The van der Waals surface area contributed by atoms with Crippen molar-refractivity contribution in [3.63, 3.8) is 0 Å². The van der Waals surface area contributed by atoms with Gasteiger partial charge in [-0.15, -0.1) is 0 Å². The lowest BCUT2D eigenvalue weighted by Crippen LogP contribution is -2.65. The summed E-state index contributed by atoms with van der Waals surface area (Å²) >= 11 is 0. The minimum Gasteiger partial charge on any atom is -0.508 e. The quantitative estimate of drug-likeness (QED) is 0.115. The summed E-state index contributed by atoms with van der Waals surface area (Å²) in [5.41, 5.74) is 8.97. The van der Waals surface area contributed by atoms with E-state index in [2.05, 4.69) is 5.32 Å². The van der Waals surface area contributed by atoms with Crippen molar-refractivity contribution in [2.24, 2.45) is 11.5 Å². The van der Waals surface area contributed by atoms with Crippen molar-refractivity contribution in [1.82, 2.24) is 0 Å². The average Bonchev–Trinajstić information content (AvgIpc) is 3.51. The number of benzene rings is 2. The Labute approximate surface area is 387 Å². The molecule has 6 rings (SSSR count). The zero-order valence-electron chi connectivity index (χ0n) is 39.9. The van der Waals surface area contributed by atoms with Gasteiger partial charge in [0.1, 0.15) is 35.1 Å². The van der Waals surface area contributed by atoms with Gasteiger partial charge in [0.15, 0.2) is 47.9 Å². The second-order valence-electron chi connectivity index (χ2n) is 17.9. The van der Waals surface area contributed by atoms with Crippen molar-refractivity contribution in [3.8, 4) is 17.2 Å². The van der Waals surface area contributed by atoms with Crippen molar-refractivity contribution < 1.29 is 81.5 Å². The van der Waals surface area contributed by atoms with Crippen LogP contribution in [0.2, 0.25) is 0 Å². The largest absolute Gasteiger partial charge is 0.508 e. The highest BCUT2D eigenvalue weighted by molar-refractivity contribution is 6.06. The first-order valence-corrected chi connectivity index (χ1v) is 21.1. The van der Waals surface area contributed by atoms with Crippen LogP contribution < -0.4 is 27.1 Å². The van der Waals surface area contributed by atoms with Gasteiger partial charge < -0.3 is 83.9 Å². The SMILES string of the molecule is CC(C)=O.COC1C(OC(N)=O)C(O)C(Oc2ccc3c(O)c(NC(=O)c4ccc(O)c(CC=C(C)C)c4)c(=O)oc3c2C)OC1(C)C.COC1C(OC(N)=O)C2OC(C)(C)OC2OC1(C)C. The van der Waals surface area contributed by atoms with E-state index >= 15 is 0 Å². The van der Waals surface area contributed by atoms with Gasteiger partial charge in [-0.3, -0.25) is 4.79 Å². The van der Waals surface area contributed by atoms with Gasteiger partial charge in [0, 0.05) is 25.3 Å². The van der Waals surface area contributed by atoms with Gasteiger partial charge in [0.05, 0.1) is 16.6 Å². The van der Waals surface area contributed by atoms with Crippen molar-refractivity contribution in [1.29, 1.82) is 0 Å². The number of amides is 3. The van der Waals surface area contributed by atoms with Crippen LogP contribution in [0.3, 0.4) is 0 Å². The Hall–Kier alpha value is -5.81. The third-order valence-electron chi connectivity index (χ3n) is 10.6. The van der Waals surface area contributed by atoms with Crippen LogP contribution in [-0.2, 0) is 49.1 Å². The Morgan fingerprint density at radius 3 is 1.96 bits per heavy atom. The van der Waals surface area contributed by atoms with E-state index in [9.17, 15) is 39.3 Å². The summed E-state index contributed by atoms with van der Waals surface area (Å²) in [4.78, 5) is 58.0. The number of hydrogen-bond donors (Lipinski definition) is 6. The highest BCUT2D eigenvalue weighted by atomic mass is 16.8. The lowest BCUT2D eigenvalue weighted by Gasteiger charge is -2.47. The van der Waals surface area contributed by atoms with E-state index in [0.29, 0.717) is 12.0 Å². The molecule has 8 atom stereocenters. The molecule has 3 amide bonds. The van der Waals surface area contributed by atoms with Gasteiger partial charge in [-0.25, -0.2) is 14.4 Å². The monoisotopic (exact) mass is 945 g/mol. The number of methoxy groups -OCH3 is 2. The number of allylic oxidation sites excluding steroid dienone is 2. The molecule has 3 aliphatic rings. The maximum Gasteiger partial charge on any atom is 0.404 e. The fourth-order valence-corrected chi connectivity index (χ4v) is 7.75. The molecular weight excluding hydrogens is 883 g/mol. The first-order valence-electron chi connectivity index (χ1n) is 21.1. The summed E-state index contributed by atoms with van der Waals surface area (Å²) in [5, 5.41) is 34.6. The zero-order valence-corrected chi connectivity index (χ0v) is 39.9. The molecule has 3 aliphatic heterocycles. The normalized spacial score (nSPS) is 25.4. The number of carbonyl (C=O) groups excluding carboxylic acids is 4. The third-order valence-corrected chi connectivity index (χ3v) is 10.6. The molecule has 0 aliphatic carbocycles. The minimum absolute atomic E-state index is 0.0183. The number of phenolic OH excluding ortho intramolecular Hbond substituents is 1. The number of hydrogen-bond acceptors (Lipinski definition) is 18. The molecule has 67 heavy (non-hydrogen) atoms. The van der Waals surface area contributed by atoms with Crippen LogP contribution in [0.5, 0.6) is 17.2 Å². The molecule has 0 saturated carbocycles. The third kappa shape index (κ3) is 13.0. The second-order valence-corrected chi connectivity index (χ2v) is 17.9. The second kappa shape index (κ2) is 21.4. The molecule has 21 nitrogen and oxygen atoms in total. The van der Waals surface area contributed by atoms with Crippen LogP contribution >= 0.6 is 0 Å². The number of nitrogens with one attached hydrogen (secondary N) is 1. The molecular formula is C46H63N3O18. The summed E-state index contributed by atoms with van der Waals surface area (Å²) in [7, 11) is 2.89. The Morgan fingerprint density at radius 1 is 0.821 bits per heavy atom. The number of aryl methyl sites for hydroxylation is 1. The molecule has 21 heteroatoms. The lowest BCUT2D eigenvalue weighted by molar-refractivity contribution is -0.304. The summed E-state index contributed by atoms with van der Waals surface area (Å²) in [5.74, 6) is -1.73. The van der Waals surface area contributed by atoms with E-state index in [1.807, 2.05) is 33.8 Å². The number of aliphatic hydroxyl groups is 1. The highest BCUT2D eigenvalue weighted by Crippen LogP contribution is 2.42. The number of anilines is 1. The molecule has 0 spiro atoms. The fraction of sp³-hybridized carbons (Fsp3) is 0.543. The molecule has 8 unspecified atom stereocenters. The predicted octanol–water partition coefficient (Wildman–Crippen LogP) is 4.97. The standard InChI is InChI=1S/C31H36N2O11.C12H21NO6.C3H6O/c1-14(2)7-8-16-13-17(9-11-19(16)34)27(37)33-21-22(35)18-10-12-20(15(3)24(18)42-28(21)38)41-29-23(36)25(43-30(32)39)26(40-6)31(4,5)44-29;1-11(2)8(15-5)6(16-10(13)14)7-9(18-11)19-12(3,4)17-7;1-3(2)4/h7,9-13,23,25-26,29,34-36H,8H2,1-6H3,(H2,32,39)(H,33,37);6-9H,1-5H3,(H2,13,14);1-2H3. The van der Waals surface area contributed by atoms with Crippen molar-refractivity contribution in [3.05, 3.63) is 69.1 Å². The van der Waals surface area contributed by atoms with E-state index < -0.39 is 101 Å². The molecule has 0 bridgehead atoms. The number of nitrogens with two attached hydrogens (primary N) is 2. The van der Waals surface area contributed by atoms with E-state index in [-0.39, 0.29) is 39.4 Å². The van der Waals surface area contributed by atoms with E-state index in [4.69, 9.17) is 58.5 Å². The number of primary amides is 2. The maximum atomic E-state index is 13.0. The number of fused-ring (bicyclic) bond motifs is 2. The first-order chi connectivity index (χ1) is 31.0. The van der Waals surface area contributed by atoms with Gasteiger partial charge in [0.2, 0.25) is 6.29 Å². The topological polar surface area (TPSA) is 306 Å². The summed E-state index contributed by atoms with van der Waals surface area (Å²) in [6.45, 7) is 19.0. The van der Waals surface area contributed by atoms with Gasteiger partial charge in [0.25, 0.3) is 5.91 Å². The van der Waals surface area contributed by atoms with Gasteiger partial charge in [-0.05, 0) is 118 Å².